The predicted octanol–water partition coefficient (Wildman–Crippen LogP) is 2.15. The van der Waals surface area contributed by atoms with Gasteiger partial charge < -0.3 is 24.8 Å². The van der Waals surface area contributed by atoms with Crippen molar-refractivity contribution in [2.75, 3.05) is 0 Å². The third kappa shape index (κ3) is 8.91. The summed E-state index contributed by atoms with van der Waals surface area (Å²) >= 11 is 1.77. The van der Waals surface area contributed by atoms with Crippen LogP contribution in [0.2, 0.25) is 10.1 Å². The molecule has 160 valence electrons. The summed E-state index contributed by atoms with van der Waals surface area (Å²) in [4.78, 5) is 0. The van der Waals surface area contributed by atoms with Crippen molar-refractivity contribution in [2.24, 2.45) is 0 Å². The molecule has 0 aliphatic heterocycles. The number of rotatable bonds is 0. The van der Waals surface area contributed by atoms with Crippen molar-refractivity contribution in [3.05, 3.63) is 78.9 Å². The Morgan fingerprint density at radius 2 is 1.23 bits per heavy atom. The van der Waals surface area contributed by atoms with Gasteiger partial charge in [-0.1, -0.05) is 36.4 Å². The molecule has 4 rings (SSSR count). The second kappa shape index (κ2) is 13.1. The zero-order chi connectivity index (χ0) is 20.8. The maximum absolute atomic E-state index is 2.99. The molecule has 0 saturated heterocycles. The second-order valence-corrected chi connectivity index (χ2v) is 16.6. The quantitative estimate of drug-likeness (QED) is 0.306. The van der Waals surface area contributed by atoms with E-state index in [1.807, 2.05) is 12.2 Å². The third-order valence-corrected chi connectivity index (χ3v) is 18.7. The molecular formula is C26H32Cl2SiZr-2. The van der Waals surface area contributed by atoms with Crippen LogP contribution in [0.5, 0.6) is 0 Å². The van der Waals surface area contributed by atoms with E-state index in [-0.39, 0.29) is 30.2 Å². The van der Waals surface area contributed by atoms with E-state index in [0.717, 1.165) is 6.42 Å². The first-order valence-electron chi connectivity index (χ1n) is 9.95. The Balaban J connectivity index is 0.000000444. The average Bonchev–Trinajstić information content (AvgIpc) is 3.31. The molecule has 0 amide bonds. The van der Waals surface area contributed by atoms with Crippen LogP contribution >= 0.6 is 0 Å². The van der Waals surface area contributed by atoms with Crippen LogP contribution in [-0.4, -0.2) is 5.43 Å². The molecule has 3 aromatic rings. The number of benzene rings is 2. The molecule has 0 fully saturated rings. The van der Waals surface area contributed by atoms with Crippen molar-refractivity contribution >= 4 is 27.0 Å². The number of hydrogen-bond acceptors (Lipinski definition) is 0. The Morgan fingerprint density at radius 1 is 0.800 bits per heavy atom. The minimum Gasteiger partial charge on any atom is -1.00 e. The van der Waals surface area contributed by atoms with Crippen LogP contribution in [0.25, 0.3) is 21.5 Å². The van der Waals surface area contributed by atoms with Crippen LogP contribution in [0.4, 0.5) is 0 Å². The summed E-state index contributed by atoms with van der Waals surface area (Å²) in [5.74, 6) is 0. The number of fused-ring (bicyclic) bond motifs is 3. The van der Waals surface area contributed by atoms with E-state index in [1.165, 1.54) is 21.5 Å². The molecule has 0 aromatic heterocycles. The fourth-order valence-electron chi connectivity index (χ4n) is 3.37. The summed E-state index contributed by atoms with van der Waals surface area (Å²) < 4.78 is 0. The van der Waals surface area contributed by atoms with Crippen molar-refractivity contribution in [3.8, 4) is 0 Å². The maximum Gasteiger partial charge on any atom is -0.0771 e. The van der Waals surface area contributed by atoms with Gasteiger partial charge in [0.1, 0.15) is 0 Å². The van der Waals surface area contributed by atoms with Crippen LogP contribution in [0.1, 0.15) is 48.0 Å². The summed E-state index contributed by atoms with van der Waals surface area (Å²) in [5.41, 5.74) is -0.131. The molecule has 0 N–H and O–H groups in total. The van der Waals surface area contributed by atoms with Crippen LogP contribution in [0.3, 0.4) is 0 Å². The fourth-order valence-corrected chi connectivity index (χ4v) is 5.62. The van der Waals surface area contributed by atoms with Crippen LogP contribution in [0, 0.1) is 6.08 Å². The van der Waals surface area contributed by atoms with Crippen LogP contribution in [-0.2, 0) is 23.3 Å². The predicted molar refractivity (Wildman–Crippen MR) is 124 cm³/mol. The summed E-state index contributed by atoms with van der Waals surface area (Å²) in [7, 11) is 0. The first kappa shape index (κ1) is 29.5. The maximum atomic E-state index is 2.99. The SMILES string of the molecule is CC(C)(C)[Si](=[Zr+2])C(C)(C)C.[C-]1=CC=CC1.[Cl-].[Cl-].c1ccc2c(c1)[cH-]c1ccccc12. The summed E-state index contributed by atoms with van der Waals surface area (Å²) in [6.07, 6.45) is 10.0. The van der Waals surface area contributed by atoms with Gasteiger partial charge in [-0.3, -0.25) is 6.08 Å². The first-order chi connectivity index (χ1) is 13.1. The van der Waals surface area contributed by atoms with E-state index in [4.69, 9.17) is 0 Å². The van der Waals surface area contributed by atoms with E-state index in [0.29, 0.717) is 10.1 Å². The van der Waals surface area contributed by atoms with E-state index in [9.17, 15) is 0 Å². The van der Waals surface area contributed by atoms with Gasteiger partial charge in [-0.2, -0.15) is 6.08 Å². The van der Waals surface area contributed by atoms with Gasteiger partial charge in [0.2, 0.25) is 0 Å². The Bertz CT molecular complexity index is 909. The van der Waals surface area contributed by atoms with Crippen molar-refractivity contribution in [1.29, 1.82) is 0 Å². The molecule has 0 spiro atoms. The summed E-state index contributed by atoms with van der Waals surface area (Å²) in [6, 6.07) is 19.3. The minimum atomic E-state index is -0.131. The van der Waals surface area contributed by atoms with Gasteiger partial charge >= 0.3 is 80.4 Å². The topological polar surface area (TPSA) is 0 Å². The van der Waals surface area contributed by atoms with Gasteiger partial charge in [0.25, 0.3) is 0 Å². The van der Waals surface area contributed by atoms with Crippen molar-refractivity contribution in [2.45, 2.75) is 58.0 Å². The number of hydrogen-bond donors (Lipinski definition) is 0. The Kier molecular flexibility index (Phi) is 12.9. The zero-order valence-electron chi connectivity index (χ0n) is 18.9. The van der Waals surface area contributed by atoms with Gasteiger partial charge in [0.05, 0.1) is 0 Å². The Morgan fingerprint density at radius 3 is 1.50 bits per heavy atom. The Labute approximate surface area is 210 Å². The molecule has 1 aliphatic rings. The molecule has 0 atom stereocenters. The fraction of sp³-hybridized carbons (Fsp3) is 0.346. The van der Waals surface area contributed by atoms with Crippen molar-refractivity contribution in [3.63, 3.8) is 0 Å². The molecule has 4 heteroatoms. The standard InChI is InChI=1S/C13H9.C8H18Si.C5H5.2ClH.Zr/c1-3-7-12-10(5-1)9-11-6-2-4-8-13(11)12;1-7(2,3)9-8(4,5)6;1-2-4-5-3-1;;;/h1-9H;1-6H3;1-3H,4H2;2*1H;/q-1;;-1;;;+2/p-2. The second-order valence-electron chi connectivity index (χ2n) is 9.20. The number of halogens is 2. The average molecular weight is 535 g/mol. The molecule has 0 bridgehead atoms. The summed E-state index contributed by atoms with van der Waals surface area (Å²) in [5, 5.41) is 6.56. The molecule has 0 radical (unpaired) electrons. The molecule has 1 aliphatic carbocycles. The molecule has 30 heavy (non-hydrogen) atoms. The van der Waals surface area contributed by atoms with Crippen molar-refractivity contribution in [1.82, 2.24) is 0 Å². The molecule has 3 aromatic carbocycles. The molecule has 0 saturated carbocycles. The third-order valence-electron chi connectivity index (χ3n) is 4.61. The summed E-state index contributed by atoms with van der Waals surface area (Å²) in [6.45, 7) is 14.3. The molecule has 0 unspecified atom stereocenters. The van der Waals surface area contributed by atoms with E-state index < -0.39 is 0 Å². The largest absolute Gasteiger partial charge is 1.00 e. The van der Waals surface area contributed by atoms with Crippen molar-refractivity contribution < 1.29 is 48.1 Å². The normalized spacial score (nSPS) is 12.3. The first-order valence-corrected chi connectivity index (χ1v) is 15.1. The molecule has 0 heterocycles. The van der Waals surface area contributed by atoms with E-state index >= 15 is 0 Å². The monoisotopic (exact) mass is 532 g/mol. The molecule has 0 nitrogen and oxygen atoms in total. The Hall–Kier alpha value is -0.530. The van der Waals surface area contributed by atoms with Gasteiger partial charge in [-0.15, -0.1) is 46.2 Å². The van der Waals surface area contributed by atoms with Crippen LogP contribution in [0.15, 0.2) is 72.8 Å². The van der Waals surface area contributed by atoms with Gasteiger partial charge in [-0.05, 0) is 0 Å². The van der Waals surface area contributed by atoms with Crippen LogP contribution < -0.4 is 24.8 Å². The van der Waals surface area contributed by atoms with Gasteiger partial charge in [0, 0.05) is 0 Å². The molecular weight excluding hydrogens is 503 g/mol. The number of allylic oxidation sites excluding steroid dienone is 4. The zero-order valence-corrected chi connectivity index (χ0v) is 23.9. The van der Waals surface area contributed by atoms with E-state index in [2.05, 4.69) is 108 Å². The smallest absolute Gasteiger partial charge is 0.0771 e. The minimum absolute atomic E-state index is 0. The van der Waals surface area contributed by atoms with Gasteiger partial charge in [0.15, 0.2) is 0 Å². The van der Waals surface area contributed by atoms with Gasteiger partial charge in [-0.25, -0.2) is 12.2 Å². The van der Waals surface area contributed by atoms with E-state index in [1.54, 1.807) is 23.3 Å².